The number of nitrogens with zero attached hydrogens (tertiary/aromatic N) is 3. The highest BCUT2D eigenvalue weighted by atomic mass is 32.1. The first-order valence-corrected chi connectivity index (χ1v) is 14.1. The average molecular weight is 570 g/mol. The Hall–Kier alpha value is -3.57. The van der Waals surface area contributed by atoms with Crippen LogP contribution in [0.1, 0.15) is 74.5 Å². The second-order valence-corrected chi connectivity index (χ2v) is 11.9. The summed E-state index contributed by atoms with van der Waals surface area (Å²) in [6.07, 6.45) is 0.862. The van der Waals surface area contributed by atoms with Crippen LogP contribution in [-0.2, 0) is 4.79 Å². The summed E-state index contributed by atoms with van der Waals surface area (Å²) >= 11 is 2.24. The summed E-state index contributed by atoms with van der Waals surface area (Å²) in [7, 11) is 1.51. The number of aryl methyl sites for hydroxylation is 3. The summed E-state index contributed by atoms with van der Waals surface area (Å²) in [5, 5.41) is 12.0. The Kier molecular flexibility index (Phi) is 8.22. The van der Waals surface area contributed by atoms with Crippen molar-refractivity contribution >= 4 is 45.3 Å². The van der Waals surface area contributed by atoms with E-state index in [4.69, 9.17) is 9.47 Å². The minimum Gasteiger partial charge on any atom is -0.503 e. The molecule has 39 heavy (non-hydrogen) atoms. The summed E-state index contributed by atoms with van der Waals surface area (Å²) in [6, 6.07) is 4.14. The maximum absolute atomic E-state index is 13.9. The molecule has 206 valence electrons. The van der Waals surface area contributed by atoms with Crippen LogP contribution in [-0.4, -0.2) is 46.3 Å². The number of amides is 1. The smallest absolute Gasteiger partial charge is 0.296 e. The summed E-state index contributed by atoms with van der Waals surface area (Å²) in [4.78, 5) is 50.4. The van der Waals surface area contributed by atoms with Gasteiger partial charge in [-0.05, 0) is 50.8 Å². The highest BCUT2D eigenvalue weighted by Gasteiger charge is 2.47. The molecule has 0 fully saturated rings. The number of thiazole rings is 2. The first-order chi connectivity index (χ1) is 18.4. The van der Waals surface area contributed by atoms with Gasteiger partial charge < -0.3 is 14.6 Å². The Morgan fingerprint density at radius 1 is 1.08 bits per heavy atom. The molecule has 0 saturated heterocycles. The lowest BCUT2D eigenvalue weighted by molar-refractivity contribution is -0.117. The largest absolute Gasteiger partial charge is 0.503 e. The van der Waals surface area contributed by atoms with Gasteiger partial charge in [-0.15, -0.1) is 11.3 Å². The number of ether oxygens (including phenoxy) is 2. The van der Waals surface area contributed by atoms with Crippen LogP contribution >= 0.6 is 22.7 Å². The normalized spacial score (nSPS) is 15.4. The number of rotatable bonds is 10. The van der Waals surface area contributed by atoms with Gasteiger partial charge in [0.1, 0.15) is 0 Å². The molecule has 1 aromatic carbocycles. The van der Waals surface area contributed by atoms with Gasteiger partial charge in [0.2, 0.25) is 5.78 Å². The molecule has 1 atom stereocenters. The van der Waals surface area contributed by atoms with Crippen LogP contribution in [0.4, 0.5) is 5.13 Å². The SMILES string of the molecule is COc1cc(C2C(C(=O)c3sc(C)nc3C)=C(O)C(=O)N2c2nc(C)c(C(C)=O)s2)ccc1OCCC(C)C. The van der Waals surface area contributed by atoms with Crippen molar-refractivity contribution in [3.63, 3.8) is 0 Å². The molecular formula is C28H31N3O6S2. The molecule has 1 N–H and O–H groups in total. The number of ketones is 2. The Morgan fingerprint density at radius 2 is 1.77 bits per heavy atom. The molecule has 1 amide bonds. The maximum atomic E-state index is 13.9. The van der Waals surface area contributed by atoms with E-state index in [0.29, 0.717) is 55.7 Å². The Morgan fingerprint density at radius 3 is 2.33 bits per heavy atom. The third-order valence-corrected chi connectivity index (χ3v) is 8.66. The van der Waals surface area contributed by atoms with Crippen molar-refractivity contribution in [3.05, 3.63) is 61.2 Å². The summed E-state index contributed by atoms with van der Waals surface area (Å²) < 4.78 is 11.5. The molecule has 0 bridgehead atoms. The number of carbonyl (C=O) groups is 3. The fourth-order valence-corrected chi connectivity index (χ4v) is 6.27. The lowest BCUT2D eigenvalue weighted by atomic mass is 9.95. The van der Waals surface area contributed by atoms with E-state index in [1.54, 1.807) is 39.0 Å². The molecule has 1 aliphatic rings. The molecule has 4 rings (SSSR count). The summed E-state index contributed by atoms with van der Waals surface area (Å²) in [6.45, 7) is 11.3. The Labute approximate surface area is 235 Å². The highest BCUT2D eigenvalue weighted by Crippen LogP contribution is 2.46. The number of carbonyl (C=O) groups excluding carboxylic acids is 3. The van der Waals surface area contributed by atoms with Gasteiger partial charge in [-0.3, -0.25) is 19.3 Å². The third kappa shape index (κ3) is 5.46. The van der Waals surface area contributed by atoms with Crippen molar-refractivity contribution in [1.82, 2.24) is 9.97 Å². The van der Waals surface area contributed by atoms with Crippen LogP contribution in [0.5, 0.6) is 11.5 Å². The van der Waals surface area contributed by atoms with E-state index in [9.17, 15) is 19.5 Å². The van der Waals surface area contributed by atoms with Crippen LogP contribution < -0.4 is 14.4 Å². The monoisotopic (exact) mass is 569 g/mol. The lowest BCUT2D eigenvalue weighted by Crippen LogP contribution is -2.31. The van der Waals surface area contributed by atoms with Crippen LogP contribution in [0, 0.1) is 26.7 Å². The lowest BCUT2D eigenvalue weighted by Gasteiger charge is -2.25. The second kappa shape index (κ2) is 11.3. The van der Waals surface area contributed by atoms with Crippen molar-refractivity contribution < 1.29 is 29.0 Å². The number of anilines is 1. The number of aliphatic hydroxyl groups excluding tert-OH is 1. The molecule has 0 radical (unpaired) electrons. The van der Waals surface area contributed by atoms with E-state index < -0.39 is 23.5 Å². The van der Waals surface area contributed by atoms with Crippen molar-refractivity contribution in [2.75, 3.05) is 18.6 Å². The standard InChI is InChI=1S/C28H31N3O6S2/c1-13(2)10-11-37-19-9-8-18(12-20(19)36-7)22-21(23(33)26-15(4)29-17(6)38-26)24(34)27(35)31(22)28-30-14(3)25(39-28)16(5)32/h8-9,12-13,22,34H,10-11H2,1-7H3. The molecule has 0 aliphatic carbocycles. The topological polar surface area (TPSA) is 119 Å². The van der Waals surface area contributed by atoms with Crippen LogP contribution in [0.25, 0.3) is 0 Å². The van der Waals surface area contributed by atoms with Crippen LogP contribution in [0.2, 0.25) is 0 Å². The van der Waals surface area contributed by atoms with E-state index >= 15 is 0 Å². The summed E-state index contributed by atoms with van der Waals surface area (Å²) in [5.41, 5.74) is 1.41. The number of hydrogen-bond donors (Lipinski definition) is 1. The average Bonchev–Trinajstić information content (AvgIpc) is 3.51. The van der Waals surface area contributed by atoms with E-state index in [2.05, 4.69) is 23.8 Å². The molecule has 11 heteroatoms. The predicted octanol–water partition coefficient (Wildman–Crippen LogP) is 5.94. The molecule has 1 unspecified atom stereocenters. The first-order valence-electron chi connectivity index (χ1n) is 12.5. The third-order valence-electron chi connectivity index (χ3n) is 6.33. The molecule has 3 heterocycles. The molecule has 3 aromatic rings. The van der Waals surface area contributed by atoms with Gasteiger partial charge in [0.25, 0.3) is 5.91 Å². The zero-order valence-electron chi connectivity index (χ0n) is 22.9. The van der Waals surface area contributed by atoms with Crippen molar-refractivity contribution in [3.8, 4) is 11.5 Å². The van der Waals surface area contributed by atoms with E-state index in [0.717, 1.165) is 17.8 Å². The predicted molar refractivity (Wildman–Crippen MR) is 151 cm³/mol. The number of aromatic nitrogens is 2. The molecule has 2 aromatic heterocycles. The second-order valence-electron chi connectivity index (χ2n) is 9.72. The molecule has 9 nitrogen and oxygen atoms in total. The van der Waals surface area contributed by atoms with E-state index in [1.807, 2.05) is 0 Å². The number of benzene rings is 1. The molecular weight excluding hydrogens is 538 g/mol. The van der Waals surface area contributed by atoms with Gasteiger partial charge in [0.05, 0.1) is 51.5 Å². The Bertz CT molecular complexity index is 1490. The van der Waals surface area contributed by atoms with Gasteiger partial charge in [0, 0.05) is 6.92 Å². The minimum atomic E-state index is -1.02. The van der Waals surface area contributed by atoms with Crippen LogP contribution in [0.15, 0.2) is 29.5 Å². The number of methoxy groups -OCH3 is 1. The fourth-order valence-electron chi connectivity index (χ4n) is 4.40. The quantitative estimate of drug-likeness (QED) is 0.298. The number of Topliss-reactive ketones (excluding diaryl/α,β-unsaturated/α-hetero) is 2. The van der Waals surface area contributed by atoms with E-state index in [-0.39, 0.29) is 16.5 Å². The van der Waals surface area contributed by atoms with Crippen molar-refractivity contribution in [2.45, 2.75) is 54.0 Å². The zero-order valence-corrected chi connectivity index (χ0v) is 24.6. The maximum Gasteiger partial charge on any atom is 0.296 e. The first kappa shape index (κ1) is 28.4. The zero-order chi connectivity index (χ0) is 28.6. The number of aliphatic hydroxyl groups is 1. The van der Waals surface area contributed by atoms with Gasteiger partial charge >= 0.3 is 0 Å². The Balaban J connectivity index is 1.85. The van der Waals surface area contributed by atoms with Gasteiger partial charge in [0.15, 0.2) is 28.2 Å². The highest BCUT2D eigenvalue weighted by molar-refractivity contribution is 7.18. The van der Waals surface area contributed by atoms with Crippen molar-refractivity contribution in [1.29, 1.82) is 0 Å². The van der Waals surface area contributed by atoms with Gasteiger partial charge in [-0.1, -0.05) is 31.3 Å². The number of hydrogen-bond acceptors (Lipinski definition) is 10. The van der Waals surface area contributed by atoms with Gasteiger partial charge in [-0.25, -0.2) is 9.97 Å². The fraction of sp³-hybridized carbons (Fsp3) is 0.393. The van der Waals surface area contributed by atoms with Crippen molar-refractivity contribution in [2.24, 2.45) is 5.92 Å². The molecule has 1 aliphatic heterocycles. The van der Waals surface area contributed by atoms with Crippen LogP contribution in [0.3, 0.4) is 0 Å². The minimum absolute atomic E-state index is 0.0838. The summed E-state index contributed by atoms with van der Waals surface area (Å²) in [5.74, 6) is -0.703. The van der Waals surface area contributed by atoms with E-state index in [1.165, 1.54) is 30.3 Å². The molecule has 0 spiro atoms. The molecule has 0 saturated carbocycles. The van der Waals surface area contributed by atoms with Gasteiger partial charge in [-0.2, -0.15) is 0 Å².